The van der Waals surface area contributed by atoms with E-state index in [0.29, 0.717) is 22.0 Å². The SMILES string of the molecule is Cc1nc([N+](=O)[O-])c(Br)n1Cc1ccc(Cl)cc1. The summed E-state index contributed by atoms with van der Waals surface area (Å²) in [7, 11) is 0. The van der Waals surface area contributed by atoms with Gasteiger partial charge in [-0.2, -0.15) is 0 Å². The van der Waals surface area contributed by atoms with Crippen molar-refractivity contribution in [3.63, 3.8) is 0 Å². The summed E-state index contributed by atoms with van der Waals surface area (Å²) in [5.41, 5.74) is 0.996. The molecule has 0 N–H and O–H groups in total. The van der Waals surface area contributed by atoms with Gasteiger partial charge in [0.15, 0.2) is 4.60 Å². The van der Waals surface area contributed by atoms with Crippen LogP contribution in [0.2, 0.25) is 5.02 Å². The lowest BCUT2D eigenvalue weighted by molar-refractivity contribution is -0.390. The summed E-state index contributed by atoms with van der Waals surface area (Å²) in [5, 5.41) is 11.4. The van der Waals surface area contributed by atoms with Gasteiger partial charge >= 0.3 is 5.82 Å². The first-order chi connectivity index (χ1) is 8.49. The van der Waals surface area contributed by atoms with Crippen LogP contribution in [0.4, 0.5) is 5.82 Å². The van der Waals surface area contributed by atoms with Crippen LogP contribution in [0.15, 0.2) is 28.9 Å². The molecule has 0 saturated heterocycles. The summed E-state index contributed by atoms with van der Waals surface area (Å²) in [6.45, 7) is 2.23. The minimum atomic E-state index is -0.505. The van der Waals surface area contributed by atoms with Crippen molar-refractivity contribution in [2.45, 2.75) is 13.5 Å². The zero-order chi connectivity index (χ0) is 13.3. The highest BCUT2D eigenvalue weighted by Gasteiger charge is 2.23. The van der Waals surface area contributed by atoms with Crippen molar-refractivity contribution in [3.05, 3.63) is 55.4 Å². The van der Waals surface area contributed by atoms with Gasteiger partial charge in [-0.3, -0.25) is 4.57 Å². The number of imidazole rings is 1. The van der Waals surface area contributed by atoms with Crippen molar-refractivity contribution in [1.29, 1.82) is 0 Å². The summed E-state index contributed by atoms with van der Waals surface area (Å²) < 4.78 is 2.11. The second-order valence-corrected chi connectivity index (χ2v) is 4.93. The van der Waals surface area contributed by atoms with Crippen LogP contribution in [0.3, 0.4) is 0 Å². The number of hydrogen-bond donors (Lipinski definition) is 0. The maximum absolute atomic E-state index is 10.8. The molecule has 0 atom stereocenters. The van der Waals surface area contributed by atoms with Crippen LogP contribution in [0.5, 0.6) is 0 Å². The van der Waals surface area contributed by atoms with Crippen molar-refractivity contribution in [2.75, 3.05) is 0 Å². The second-order valence-electron chi connectivity index (χ2n) is 3.74. The summed E-state index contributed by atoms with van der Waals surface area (Å²) >= 11 is 9.01. The lowest BCUT2D eigenvalue weighted by Crippen LogP contribution is -2.02. The van der Waals surface area contributed by atoms with Crippen LogP contribution in [-0.2, 0) is 6.54 Å². The van der Waals surface area contributed by atoms with Crippen molar-refractivity contribution in [2.24, 2.45) is 0 Å². The third kappa shape index (κ3) is 2.54. The van der Waals surface area contributed by atoms with Crippen molar-refractivity contribution in [3.8, 4) is 0 Å². The number of hydrogen-bond acceptors (Lipinski definition) is 3. The lowest BCUT2D eigenvalue weighted by atomic mass is 10.2. The van der Waals surface area contributed by atoms with Gasteiger partial charge in [0.2, 0.25) is 5.82 Å². The molecule has 0 saturated carbocycles. The zero-order valence-electron chi connectivity index (χ0n) is 9.43. The highest BCUT2D eigenvalue weighted by atomic mass is 79.9. The van der Waals surface area contributed by atoms with Crippen LogP contribution in [-0.4, -0.2) is 14.5 Å². The molecule has 0 spiro atoms. The molecular weight excluding hydrogens is 321 g/mol. The Morgan fingerprint density at radius 3 is 2.56 bits per heavy atom. The summed E-state index contributed by atoms with van der Waals surface area (Å²) in [4.78, 5) is 14.2. The first-order valence-electron chi connectivity index (χ1n) is 5.10. The topological polar surface area (TPSA) is 61.0 Å². The van der Waals surface area contributed by atoms with E-state index in [4.69, 9.17) is 11.6 Å². The number of aryl methyl sites for hydroxylation is 1. The Labute approximate surface area is 117 Å². The first-order valence-corrected chi connectivity index (χ1v) is 6.27. The molecule has 1 aromatic heterocycles. The summed E-state index contributed by atoms with van der Waals surface area (Å²) in [6, 6.07) is 7.32. The monoisotopic (exact) mass is 329 g/mol. The molecule has 5 nitrogen and oxygen atoms in total. The minimum Gasteiger partial charge on any atom is -0.358 e. The Balaban J connectivity index is 2.34. The Bertz CT molecular complexity index is 595. The first kappa shape index (κ1) is 13.0. The normalized spacial score (nSPS) is 10.6. The largest absolute Gasteiger partial charge is 0.396 e. The van der Waals surface area contributed by atoms with E-state index in [1.165, 1.54) is 0 Å². The molecular formula is C11H9BrClN3O2. The molecule has 0 bridgehead atoms. The highest BCUT2D eigenvalue weighted by Crippen LogP contribution is 2.26. The average molecular weight is 331 g/mol. The van der Waals surface area contributed by atoms with E-state index in [2.05, 4.69) is 20.9 Å². The minimum absolute atomic E-state index is 0.165. The van der Waals surface area contributed by atoms with Crippen LogP contribution in [0, 0.1) is 17.0 Å². The number of nitrogens with zero attached hydrogens (tertiary/aromatic N) is 3. The van der Waals surface area contributed by atoms with E-state index >= 15 is 0 Å². The molecule has 0 radical (unpaired) electrons. The van der Waals surface area contributed by atoms with Gasteiger partial charge in [0.25, 0.3) is 0 Å². The molecule has 18 heavy (non-hydrogen) atoms. The number of nitro groups is 1. The quantitative estimate of drug-likeness (QED) is 0.638. The van der Waals surface area contributed by atoms with E-state index in [1.807, 2.05) is 12.1 Å². The van der Waals surface area contributed by atoms with Crippen LogP contribution < -0.4 is 0 Å². The number of rotatable bonds is 3. The number of benzene rings is 1. The van der Waals surface area contributed by atoms with Gasteiger partial charge in [0, 0.05) is 11.9 Å². The lowest BCUT2D eigenvalue weighted by Gasteiger charge is -2.04. The fourth-order valence-electron chi connectivity index (χ4n) is 1.59. The molecule has 1 heterocycles. The average Bonchev–Trinajstić information content (AvgIpc) is 2.60. The van der Waals surface area contributed by atoms with E-state index in [0.717, 1.165) is 5.56 Å². The molecule has 0 fully saturated rings. The van der Waals surface area contributed by atoms with Gasteiger partial charge in [0.05, 0.1) is 6.54 Å². The maximum atomic E-state index is 10.8. The predicted octanol–water partition coefficient (Wildman–Crippen LogP) is 3.56. The standard InChI is InChI=1S/C11H9BrClN3O2/c1-7-14-11(16(17)18)10(12)15(7)6-8-2-4-9(13)5-3-8/h2-5H,6H2,1H3. The third-order valence-electron chi connectivity index (χ3n) is 2.51. The summed E-state index contributed by atoms with van der Waals surface area (Å²) in [5.74, 6) is 0.421. The highest BCUT2D eigenvalue weighted by molar-refractivity contribution is 9.10. The van der Waals surface area contributed by atoms with Crippen molar-refractivity contribution in [1.82, 2.24) is 9.55 Å². The predicted molar refractivity (Wildman–Crippen MR) is 71.9 cm³/mol. The molecule has 0 unspecified atom stereocenters. The second kappa shape index (κ2) is 5.07. The van der Waals surface area contributed by atoms with E-state index in [9.17, 15) is 10.1 Å². The van der Waals surface area contributed by atoms with Crippen LogP contribution >= 0.6 is 27.5 Å². The molecule has 1 aromatic carbocycles. The van der Waals surface area contributed by atoms with E-state index < -0.39 is 4.92 Å². The number of halogens is 2. The van der Waals surface area contributed by atoms with Crippen LogP contribution in [0.1, 0.15) is 11.4 Å². The van der Waals surface area contributed by atoms with Gasteiger partial charge in [-0.25, -0.2) is 0 Å². The Kier molecular flexibility index (Phi) is 3.68. The summed E-state index contributed by atoms with van der Waals surface area (Å²) in [6.07, 6.45) is 0. The van der Waals surface area contributed by atoms with Crippen molar-refractivity contribution < 1.29 is 4.92 Å². The van der Waals surface area contributed by atoms with E-state index in [1.54, 1.807) is 23.6 Å². The molecule has 0 aliphatic carbocycles. The van der Waals surface area contributed by atoms with Crippen molar-refractivity contribution >= 4 is 33.3 Å². The van der Waals surface area contributed by atoms with E-state index in [-0.39, 0.29) is 5.82 Å². The maximum Gasteiger partial charge on any atom is 0.396 e. The molecule has 7 heteroatoms. The number of aromatic nitrogens is 2. The Morgan fingerprint density at radius 2 is 2.06 bits per heavy atom. The van der Waals surface area contributed by atoms with Crippen LogP contribution in [0.25, 0.3) is 0 Å². The van der Waals surface area contributed by atoms with Gasteiger partial charge < -0.3 is 10.1 Å². The van der Waals surface area contributed by atoms with Gasteiger partial charge in [-0.05, 0) is 43.5 Å². The molecule has 2 aromatic rings. The molecule has 2 rings (SSSR count). The molecule has 94 valence electrons. The van der Waals surface area contributed by atoms with Gasteiger partial charge in [-0.1, -0.05) is 23.7 Å². The fourth-order valence-corrected chi connectivity index (χ4v) is 2.34. The molecule has 0 aliphatic rings. The third-order valence-corrected chi connectivity index (χ3v) is 3.54. The van der Waals surface area contributed by atoms with Gasteiger partial charge in [0.1, 0.15) is 0 Å². The Hall–Kier alpha value is -1.40. The smallest absolute Gasteiger partial charge is 0.358 e. The van der Waals surface area contributed by atoms with Gasteiger partial charge in [-0.15, -0.1) is 0 Å². The molecule has 0 amide bonds. The fraction of sp³-hybridized carbons (Fsp3) is 0.182. The molecule has 0 aliphatic heterocycles. The zero-order valence-corrected chi connectivity index (χ0v) is 11.8. The Morgan fingerprint density at radius 1 is 1.44 bits per heavy atom.